The van der Waals surface area contributed by atoms with Gasteiger partial charge in [-0.25, -0.2) is 0 Å². The molecular formula is C13H17ClN2O3. The smallest absolute Gasteiger partial charge is 0.288 e. The fourth-order valence-electron chi connectivity index (χ4n) is 1.29. The molecule has 0 spiro atoms. The lowest BCUT2D eigenvalue weighted by molar-refractivity contribution is -0.384. The van der Waals surface area contributed by atoms with Crippen molar-refractivity contribution < 1.29 is 9.72 Å². The zero-order valence-electron chi connectivity index (χ0n) is 11.4. The van der Waals surface area contributed by atoms with Gasteiger partial charge in [-0.2, -0.15) is 0 Å². The van der Waals surface area contributed by atoms with Crippen molar-refractivity contribution in [3.63, 3.8) is 0 Å². The Kier molecular flexibility index (Phi) is 4.52. The summed E-state index contributed by atoms with van der Waals surface area (Å²) in [6.45, 7) is 7.90. The van der Waals surface area contributed by atoms with Crippen LogP contribution in [0.3, 0.4) is 0 Å². The molecule has 0 aliphatic heterocycles. The van der Waals surface area contributed by atoms with Gasteiger partial charge in [0.1, 0.15) is 5.02 Å². The Hall–Kier alpha value is -1.62. The molecule has 0 fully saturated rings. The first-order chi connectivity index (χ1) is 8.62. The third kappa shape index (κ3) is 3.92. The van der Waals surface area contributed by atoms with Gasteiger partial charge in [-0.3, -0.25) is 14.9 Å². The summed E-state index contributed by atoms with van der Waals surface area (Å²) in [5.74, 6) is -0.345. The first-order valence-electron chi connectivity index (χ1n) is 5.87. The summed E-state index contributed by atoms with van der Waals surface area (Å²) in [4.78, 5) is 22.2. The average molecular weight is 285 g/mol. The number of carbonyl (C=O) groups excluding carboxylic acids is 1. The van der Waals surface area contributed by atoms with Gasteiger partial charge in [0.15, 0.2) is 0 Å². The summed E-state index contributed by atoms with van der Waals surface area (Å²) < 4.78 is 0. The highest BCUT2D eigenvalue weighted by Gasteiger charge is 2.23. The molecule has 0 aliphatic carbocycles. The number of nitrogens with one attached hydrogen (secondary N) is 1. The number of hydrogen-bond acceptors (Lipinski definition) is 3. The minimum Gasteiger partial charge on any atom is -0.349 e. The Morgan fingerprint density at radius 3 is 2.47 bits per heavy atom. The minimum absolute atomic E-state index is 0.0189. The molecular weight excluding hydrogens is 268 g/mol. The lowest BCUT2D eigenvalue weighted by Gasteiger charge is -2.28. The molecule has 5 nitrogen and oxygen atoms in total. The van der Waals surface area contributed by atoms with Crippen LogP contribution in [0, 0.1) is 15.5 Å². The number of halogens is 1. The van der Waals surface area contributed by atoms with Crippen LogP contribution in [-0.2, 0) is 0 Å². The van der Waals surface area contributed by atoms with E-state index in [1.54, 1.807) is 0 Å². The van der Waals surface area contributed by atoms with Gasteiger partial charge in [0.25, 0.3) is 11.6 Å². The predicted molar refractivity (Wildman–Crippen MR) is 74.5 cm³/mol. The molecule has 0 aromatic heterocycles. The highest BCUT2D eigenvalue weighted by Crippen LogP contribution is 2.25. The van der Waals surface area contributed by atoms with Crippen LogP contribution in [0.1, 0.15) is 38.1 Å². The number of hydrogen-bond donors (Lipinski definition) is 1. The number of amides is 1. The van der Waals surface area contributed by atoms with Crippen molar-refractivity contribution in [1.29, 1.82) is 0 Å². The van der Waals surface area contributed by atoms with Gasteiger partial charge in [0.2, 0.25) is 0 Å². The molecule has 0 saturated heterocycles. The van der Waals surface area contributed by atoms with Crippen LogP contribution in [-0.4, -0.2) is 16.9 Å². The van der Waals surface area contributed by atoms with Gasteiger partial charge >= 0.3 is 0 Å². The highest BCUT2D eigenvalue weighted by molar-refractivity contribution is 6.32. The first kappa shape index (κ1) is 15.4. The van der Waals surface area contributed by atoms with Crippen LogP contribution in [0.2, 0.25) is 5.02 Å². The second kappa shape index (κ2) is 5.57. The van der Waals surface area contributed by atoms with E-state index in [1.807, 2.05) is 27.7 Å². The molecule has 1 atom stereocenters. The summed E-state index contributed by atoms with van der Waals surface area (Å²) in [6, 6.07) is 3.96. The van der Waals surface area contributed by atoms with E-state index in [-0.39, 0.29) is 33.6 Å². The Morgan fingerprint density at radius 2 is 2.00 bits per heavy atom. The van der Waals surface area contributed by atoms with Crippen molar-refractivity contribution in [1.82, 2.24) is 5.32 Å². The maximum Gasteiger partial charge on any atom is 0.288 e. The van der Waals surface area contributed by atoms with Crippen LogP contribution in [0.15, 0.2) is 18.2 Å². The van der Waals surface area contributed by atoms with Crippen LogP contribution in [0.4, 0.5) is 5.69 Å². The maximum atomic E-state index is 12.0. The van der Waals surface area contributed by atoms with Gasteiger partial charge in [0.05, 0.1) is 4.92 Å². The molecule has 0 saturated carbocycles. The van der Waals surface area contributed by atoms with Crippen LogP contribution in [0.5, 0.6) is 0 Å². The molecule has 104 valence electrons. The number of benzene rings is 1. The van der Waals surface area contributed by atoms with E-state index in [4.69, 9.17) is 11.6 Å². The molecule has 1 aromatic carbocycles. The Balaban J connectivity index is 2.95. The third-order valence-corrected chi connectivity index (χ3v) is 3.37. The first-order valence-corrected chi connectivity index (χ1v) is 6.25. The fourth-order valence-corrected chi connectivity index (χ4v) is 1.48. The quantitative estimate of drug-likeness (QED) is 0.683. The second-order valence-electron chi connectivity index (χ2n) is 5.48. The van der Waals surface area contributed by atoms with Crippen molar-refractivity contribution in [2.75, 3.05) is 0 Å². The standard InChI is InChI=1S/C13H17ClN2O3/c1-8(13(2,3)4)15-12(17)9-5-6-10(14)11(7-9)16(18)19/h5-8H,1-4H3,(H,15,17). The van der Waals surface area contributed by atoms with E-state index in [0.29, 0.717) is 0 Å². The topological polar surface area (TPSA) is 72.2 Å². The molecule has 0 aliphatic rings. The number of nitro groups is 1. The molecule has 0 bridgehead atoms. The number of carbonyl (C=O) groups is 1. The van der Waals surface area contributed by atoms with Gasteiger partial charge in [-0.15, -0.1) is 0 Å². The van der Waals surface area contributed by atoms with Crippen molar-refractivity contribution >= 4 is 23.2 Å². The molecule has 1 N–H and O–H groups in total. The van der Waals surface area contributed by atoms with Gasteiger partial charge < -0.3 is 5.32 Å². The summed E-state index contributed by atoms with van der Waals surface area (Å²) >= 11 is 5.70. The second-order valence-corrected chi connectivity index (χ2v) is 5.89. The zero-order chi connectivity index (χ0) is 14.8. The molecule has 6 heteroatoms. The Bertz CT molecular complexity index is 509. The SMILES string of the molecule is CC(NC(=O)c1ccc(Cl)c([N+](=O)[O-])c1)C(C)(C)C. The highest BCUT2D eigenvalue weighted by atomic mass is 35.5. The molecule has 19 heavy (non-hydrogen) atoms. The number of rotatable bonds is 3. The lowest BCUT2D eigenvalue weighted by atomic mass is 9.88. The monoisotopic (exact) mass is 284 g/mol. The largest absolute Gasteiger partial charge is 0.349 e. The Labute approximate surface area is 117 Å². The molecule has 0 heterocycles. The van der Waals surface area contributed by atoms with Crippen molar-refractivity contribution in [2.45, 2.75) is 33.7 Å². The molecule has 1 aromatic rings. The van der Waals surface area contributed by atoms with Gasteiger partial charge in [-0.05, 0) is 24.5 Å². The van der Waals surface area contributed by atoms with E-state index in [0.717, 1.165) is 0 Å². The van der Waals surface area contributed by atoms with Crippen LogP contribution >= 0.6 is 11.6 Å². The zero-order valence-corrected chi connectivity index (χ0v) is 12.1. The van der Waals surface area contributed by atoms with E-state index in [1.165, 1.54) is 18.2 Å². The lowest BCUT2D eigenvalue weighted by Crippen LogP contribution is -2.41. The Morgan fingerprint density at radius 1 is 1.42 bits per heavy atom. The van der Waals surface area contributed by atoms with Crippen LogP contribution < -0.4 is 5.32 Å². The summed E-state index contributed by atoms with van der Waals surface area (Å²) in [5, 5.41) is 13.6. The number of nitro benzene ring substituents is 1. The summed E-state index contributed by atoms with van der Waals surface area (Å²) in [5.41, 5.74) is -0.126. The third-order valence-electron chi connectivity index (χ3n) is 3.05. The van der Waals surface area contributed by atoms with Crippen molar-refractivity contribution in [3.8, 4) is 0 Å². The van der Waals surface area contributed by atoms with E-state index < -0.39 is 4.92 Å². The molecule has 1 amide bonds. The minimum atomic E-state index is -0.605. The molecule has 1 rings (SSSR count). The van der Waals surface area contributed by atoms with Gasteiger partial charge in [-0.1, -0.05) is 32.4 Å². The normalized spacial score (nSPS) is 12.9. The van der Waals surface area contributed by atoms with Gasteiger partial charge in [0, 0.05) is 17.7 Å². The van der Waals surface area contributed by atoms with Crippen molar-refractivity contribution in [2.24, 2.45) is 5.41 Å². The fraction of sp³-hybridized carbons (Fsp3) is 0.462. The predicted octanol–water partition coefficient (Wildman–Crippen LogP) is 3.41. The average Bonchev–Trinajstić information content (AvgIpc) is 2.27. The van der Waals surface area contributed by atoms with E-state index >= 15 is 0 Å². The van der Waals surface area contributed by atoms with Crippen molar-refractivity contribution in [3.05, 3.63) is 38.9 Å². The number of nitrogens with zero attached hydrogens (tertiary/aromatic N) is 1. The van der Waals surface area contributed by atoms with E-state index in [2.05, 4.69) is 5.32 Å². The van der Waals surface area contributed by atoms with E-state index in [9.17, 15) is 14.9 Å². The molecule has 0 radical (unpaired) electrons. The summed E-state index contributed by atoms with van der Waals surface area (Å²) in [7, 11) is 0. The molecule has 1 unspecified atom stereocenters. The summed E-state index contributed by atoms with van der Waals surface area (Å²) in [6.07, 6.45) is 0. The maximum absolute atomic E-state index is 12.0. The van der Waals surface area contributed by atoms with Crippen LogP contribution in [0.25, 0.3) is 0 Å².